The van der Waals surface area contributed by atoms with Crippen molar-refractivity contribution in [2.75, 3.05) is 4.72 Å². The number of aromatic carboxylic acids is 1. The van der Waals surface area contributed by atoms with Gasteiger partial charge in [0, 0.05) is 4.47 Å². The van der Waals surface area contributed by atoms with Crippen molar-refractivity contribution in [1.82, 2.24) is 10.1 Å². The summed E-state index contributed by atoms with van der Waals surface area (Å²) in [5.41, 5.74) is -0.172. The highest BCUT2D eigenvalue weighted by Crippen LogP contribution is 2.22. The van der Waals surface area contributed by atoms with Crippen LogP contribution in [0.1, 0.15) is 16.2 Å². The molecular weight excluding hydrogens is 354 g/mol. The van der Waals surface area contributed by atoms with E-state index in [2.05, 4.69) is 35.3 Å². The van der Waals surface area contributed by atoms with Gasteiger partial charge in [-0.15, -0.1) is 0 Å². The molecule has 0 radical (unpaired) electrons. The highest BCUT2D eigenvalue weighted by atomic mass is 79.9. The summed E-state index contributed by atoms with van der Waals surface area (Å²) in [6.07, 6.45) is 0. The van der Waals surface area contributed by atoms with E-state index in [1.807, 2.05) is 0 Å². The number of anilines is 1. The first-order valence-corrected chi connectivity index (χ1v) is 7.43. The van der Waals surface area contributed by atoms with Gasteiger partial charge in [0.1, 0.15) is 0 Å². The molecule has 0 aliphatic heterocycles. The normalized spacial score (nSPS) is 11.3. The second-order valence-corrected chi connectivity index (χ2v) is 6.24. The van der Waals surface area contributed by atoms with E-state index >= 15 is 0 Å². The molecule has 2 rings (SSSR count). The predicted molar refractivity (Wildman–Crippen MR) is 70.9 cm³/mol. The molecule has 0 amide bonds. The molecule has 0 saturated carbocycles. The monoisotopic (exact) mass is 361 g/mol. The van der Waals surface area contributed by atoms with Gasteiger partial charge in [0.05, 0.1) is 10.5 Å². The van der Waals surface area contributed by atoms with Crippen LogP contribution in [0.3, 0.4) is 0 Å². The molecule has 2 aromatic rings. The fraction of sp³-hybridized carbons (Fsp3) is 0.100. The first-order valence-electron chi connectivity index (χ1n) is 5.15. The third-order valence-corrected chi connectivity index (χ3v) is 4.24. The lowest BCUT2D eigenvalue weighted by molar-refractivity contribution is 0.0695. The van der Waals surface area contributed by atoms with E-state index in [0.29, 0.717) is 0 Å². The van der Waals surface area contributed by atoms with Crippen molar-refractivity contribution >= 4 is 37.9 Å². The SMILES string of the molecule is Cc1noc(NS(=O)(=O)c2ccc(Br)c(C(=O)O)c2)n1. The highest BCUT2D eigenvalue weighted by molar-refractivity contribution is 9.10. The molecule has 0 saturated heterocycles. The summed E-state index contributed by atoms with van der Waals surface area (Å²) in [5, 5.41) is 12.4. The van der Waals surface area contributed by atoms with Crippen LogP contribution in [0.4, 0.5) is 6.01 Å². The van der Waals surface area contributed by atoms with E-state index < -0.39 is 16.0 Å². The van der Waals surface area contributed by atoms with Gasteiger partial charge < -0.3 is 9.63 Å². The molecule has 10 heteroatoms. The third-order valence-electron chi connectivity index (χ3n) is 2.23. The second kappa shape index (κ2) is 5.21. The average molecular weight is 362 g/mol. The van der Waals surface area contributed by atoms with Crippen molar-refractivity contribution in [2.45, 2.75) is 11.8 Å². The molecule has 0 aliphatic carbocycles. The predicted octanol–water partition coefficient (Wildman–Crippen LogP) is 1.64. The zero-order valence-electron chi connectivity index (χ0n) is 9.99. The smallest absolute Gasteiger partial charge is 0.336 e. The number of aromatic nitrogens is 2. The Hall–Kier alpha value is -1.94. The van der Waals surface area contributed by atoms with Gasteiger partial charge in [-0.2, -0.15) is 4.98 Å². The fourth-order valence-corrected chi connectivity index (χ4v) is 2.71. The van der Waals surface area contributed by atoms with Crippen LogP contribution in [0.5, 0.6) is 0 Å². The minimum atomic E-state index is -4.00. The van der Waals surface area contributed by atoms with Gasteiger partial charge >= 0.3 is 12.0 Å². The van der Waals surface area contributed by atoms with Gasteiger partial charge in [0.15, 0.2) is 5.82 Å². The number of aryl methyl sites for hydroxylation is 1. The van der Waals surface area contributed by atoms with E-state index in [1.54, 1.807) is 0 Å². The lowest BCUT2D eigenvalue weighted by atomic mass is 10.2. The fourth-order valence-electron chi connectivity index (χ4n) is 1.35. The van der Waals surface area contributed by atoms with E-state index in [0.717, 1.165) is 6.07 Å². The maximum absolute atomic E-state index is 12.0. The Bertz CT molecular complexity index is 771. The summed E-state index contributed by atoms with van der Waals surface area (Å²) in [4.78, 5) is 14.5. The van der Waals surface area contributed by atoms with Crippen LogP contribution < -0.4 is 4.72 Å². The molecule has 8 nitrogen and oxygen atoms in total. The first-order chi connectivity index (χ1) is 9.29. The van der Waals surface area contributed by atoms with Crippen LogP contribution in [0, 0.1) is 6.92 Å². The van der Waals surface area contributed by atoms with Crippen molar-refractivity contribution in [3.63, 3.8) is 0 Å². The van der Waals surface area contributed by atoms with Gasteiger partial charge in [0.25, 0.3) is 10.0 Å². The topological polar surface area (TPSA) is 122 Å². The number of benzene rings is 1. The Labute approximate surface area is 122 Å². The third kappa shape index (κ3) is 2.96. The molecule has 1 aromatic heterocycles. The largest absolute Gasteiger partial charge is 0.478 e. The Balaban J connectivity index is 2.39. The number of carboxylic acid groups (broad SMARTS) is 1. The number of hydrogen-bond acceptors (Lipinski definition) is 6. The summed E-state index contributed by atoms with van der Waals surface area (Å²) in [6, 6.07) is 3.32. The molecule has 0 bridgehead atoms. The van der Waals surface area contributed by atoms with Gasteiger partial charge in [-0.05, 0) is 41.1 Å². The quantitative estimate of drug-likeness (QED) is 0.848. The van der Waals surface area contributed by atoms with Gasteiger partial charge in [-0.3, -0.25) is 0 Å². The Morgan fingerprint density at radius 1 is 1.45 bits per heavy atom. The van der Waals surface area contributed by atoms with E-state index in [9.17, 15) is 13.2 Å². The number of rotatable bonds is 4. The molecule has 0 unspecified atom stereocenters. The number of nitrogens with zero attached hydrogens (tertiary/aromatic N) is 2. The maximum atomic E-state index is 12.0. The highest BCUT2D eigenvalue weighted by Gasteiger charge is 2.20. The van der Waals surface area contributed by atoms with E-state index in [4.69, 9.17) is 5.11 Å². The van der Waals surface area contributed by atoms with Crippen LogP contribution in [0.2, 0.25) is 0 Å². The number of carbonyl (C=O) groups is 1. The van der Waals surface area contributed by atoms with E-state index in [-0.39, 0.29) is 26.8 Å². The van der Waals surface area contributed by atoms with Crippen molar-refractivity contribution in [2.24, 2.45) is 0 Å². The minimum Gasteiger partial charge on any atom is -0.478 e. The Kier molecular flexibility index (Phi) is 3.77. The Morgan fingerprint density at radius 3 is 2.70 bits per heavy atom. The molecule has 20 heavy (non-hydrogen) atoms. The summed E-state index contributed by atoms with van der Waals surface area (Å²) in [6.45, 7) is 1.53. The lowest BCUT2D eigenvalue weighted by Crippen LogP contribution is -2.14. The summed E-state index contributed by atoms with van der Waals surface area (Å²) in [5.74, 6) is -0.979. The van der Waals surface area contributed by atoms with Crippen LogP contribution in [-0.2, 0) is 10.0 Å². The number of halogens is 1. The zero-order chi connectivity index (χ0) is 14.9. The maximum Gasteiger partial charge on any atom is 0.336 e. The molecule has 2 N–H and O–H groups in total. The van der Waals surface area contributed by atoms with Crippen molar-refractivity contribution in [1.29, 1.82) is 0 Å². The van der Waals surface area contributed by atoms with Crippen molar-refractivity contribution in [3.05, 3.63) is 34.1 Å². The van der Waals surface area contributed by atoms with Gasteiger partial charge in [-0.25, -0.2) is 17.9 Å². The lowest BCUT2D eigenvalue weighted by Gasteiger charge is -2.06. The van der Waals surface area contributed by atoms with Crippen LogP contribution in [0.15, 0.2) is 32.1 Å². The van der Waals surface area contributed by atoms with Crippen molar-refractivity contribution in [3.8, 4) is 0 Å². The molecule has 0 aliphatic rings. The number of carboxylic acids is 1. The Morgan fingerprint density at radius 2 is 2.15 bits per heavy atom. The molecule has 0 fully saturated rings. The van der Waals surface area contributed by atoms with E-state index in [1.165, 1.54) is 19.1 Å². The summed E-state index contributed by atoms with van der Waals surface area (Å²) < 4.78 is 31.1. The van der Waals surface area contributed by atoms with Gasteiger partial charge in [-0.1, -0.05) is 5.16 Å². The van der Waals surface area contributed by atoms with Crippen LogP contribution in [-0.4, -0.2) is 29.6 Å². The number of sulfonamides is 1. The van der Waals surface area contributed by atoms with Crippen molar-refractivity contribution < 1.29 is 22.8 Å². The standard InChI is InChI=1S/C10H8BrN3O5S/c1-5-12-10(19-13-5)14-20(17,18)6-2-3-8(11)7(4-6)9(15)16/h2-4H,1H3,(H,15,16)(H,12,13,14). The minimum absolute atomic E-state index is 0.172. The average Bonchev–Trinajstić information content (AvgIpc) is 2.73. The molecule has 0 spiro atoms. The van der Waals surface area contributed by atoms with Gasteiger partial charge in [0.2, 0.25) is 0 Å². The number of hydrogen-bond donors (Lipinski definition) is 2. The summed E-state index contributed by atoms with van der Waals surface area (Å²) in [7, 11) is -4.00. The molecule has 1 heterocycles. The van der Waals surface area contributed by atoms with Crippen LogP contribution >= 0.6 is 15.9 Å². The summed E-state index contributed by atoms with van der Waals surface area (Å²) >= 11 is 3.03. The number of nitrogens with one attached hydrogen (secondary N) is 1. The second-order valence-electron chi connectivity index (χ2n) is 3.70. The first kappa shape index (κ1) is 14.5. The van der Waals surface area contributed by atoms with Crippen LogP contribution in [0.25, 0.3) is 0 Å². The molecule has 0 atom stereocenters. The molecule has 1 aromatic carbocycles. The molecular formula is C10H8BrN3O5S. The zero-order valence-corrected chi connectivity index (χ0v) is 12.4. The molecule has 106 valence electrons.